The summed E-state index contributed by atoms with van der Waals surface area (Å²) < 4.78 is 0. The molecule has 5 nitrogen and oxygen atoms in total. The summed E-state index contributed by atoms with van der Waals surface area (Å²) in [6.45, 7) is 3.91. The van der Waals surface area contributed by atoms with Crippen LogP contribution in [0.1, 0.15) is 21.7 Å². The van der Waals surface area contributed by atoms with E-state index < -0.39 is 5.91 Å². The van der Waals surface area contributed by atoms with Gasteiger partial charge in [0.15, 0.2) is 0 Å². The molecule has 1 amide bonds. The summed E-state index contributed by atoms with van der Waals surface area (Å²) in [6, 6.07) is 17.1. The van der Waals surface area contributed by atoms with Crippen molar-refractivity contribution in [2.45, 2.75) is 13.8 Å². The van der Waals surface area contributed by atoms with Crippen LogP contribution in [-0.2, 0) is 0 Å². The highest BCUT2D eigenvalue weighted by Crippen LogP contribution is 2.22. The highest BCUT2D eigenvalue weighted by Gasteiger charge is 2.06. The van der Waals surface area contributed by atoms with Gasteiger partial charge in [-0.1, -0.05) is 29.8 Å². The summed E-state index contributed by atoms with van der Waals surface area (Å²) in [5.74, 6) is 0.940. The number of hydrogen-bond acceptors (Lipinski definition) is 4. The Balaban J connectivity index is 1.88. The van der Waals surface area contributed by atoms with E-state index in [1.54, 1.807) is 24.3 Å². The van der Waals surface area contributed by atoms with Crippen LogP contribution in [0.25, 0.3) is 11.3 Å². The second-order valence-electron chi connectivity index (χ2n) is 5.62. The van der Waals surface area contributed by atoms with Crippen LogP contribution in [0.15, 0.2) is 54.6 Å². The lowest BCUT2D eigenvalue weighted by Gasteiger charge is -2.09. The first-order valence-electron chi connectivity index (χ1n) is 7.61. The van der Waals surface area contributed by atoms with Gasteiger partial charge in [0, 0.05) is 22.9 Å². The number of nitrogens with zero attached hydrogens (tertiary/aromatic N) is 2. The normalized spacial score (nSPS) is 10.4. The molecule has 120 valence electrons. The van der Waals surface area contributed by atoms with Crippen molar-refractivity contribution in [3.63, 3.8) is 0 Å². The molecule has 24 heavy (non-hydrogen) atoms. The van der Waals surface area contributed by atoms with E-state index in [9.17, 15) is 4.79 Å². The van der Waals surface area contributed by atoms with Crippen LogP contribution in [0, 0.1) is 13.8 Å². The summed E-state index contributed by atoms with van der Waals surface area (Å²) in [7, 11) is 0. The Morgan fingerprint density at radius 2 is 1.62 bits per heavy atom. The SMILES string of the molecule is Cc1ccc(-c2cc(Nc3ccc(C(N)=O)cc3)nc(C)n2)cc1. The molecule has 0 bridgehead atoms. The first-order chi connectivity index (χ1) is 11.5. The average Bonchev–Trinajstić information content (AvgIpc) is 2.55. The van der Waals surface area contributed by atoms with Crippen molar-refractivity contribution in [2.24, 2.45) is 5.73 Å². The maximum absolute atomic E-state index is 11.1. The summed E-state index contributed by atoms with van der Waals surface area (Å²) in [5.41, 5.74) is 9.66. The van der Waals surface area contributed by atoms with Crippen LogP contribution < -0.4 is 11.1 Å². The molecular weight excluding hydrogens is 300 g/mol. The monoisotopic (exact) mass is 318 g/mol. The number of rotatable bonds is 4. The van der Waals surface area contributed by atoms with Crippen LogP contribution in [0.3, 0.4) is 0 Å². The summed E-state index contributed by atoms with van der Waals surface area (Å²) in [6.07, 6.45) is 0. The summed E-state index contributed by atoms with van der Waals surface area (Å²) >= 11 is 0. The van der Waals surface area contributed by atoms with Gasteiger partial charge in [0.1, 0.15) is 11.6 Å². The number of benzene rings is 2. The van der Waals surface area contributed by atoms with Crippen molar-refractivity contribution < 1.29 is 4.79 Å². The summed E-state index contributed by atoms with van der Waals surface area (Å²) in [5, 5.41) is 3.23. The van der Waals surface area contributed by atoms with Gasteiger partial charge in [-0.3, -0.25) is 4.79 Å². The molecule has 0 saturated carbocycles. The maximum atomic E-state index is 11.1. The van der Waals surface area contributed by atoms with Crippen molar-refractivity contribution in [1.82, 2.24) is 9.97 Å². The molecule has 0 unspecified atom stereocenters. The molecule has 5 heteroatoms. The Bertz CT molecular complexity index is 871. The van der Waals surface area contributed by atoms with Gasteiger partial charge in [-0.2, -0.15) is 0 Å². The fourth-order valence-electron chi connectivity index (χ4n) is 2.37. The van der Waals surface area contributed by atoms with E-state index in [-0.39, 0.29) is 0 Å². The fourth-order valence-corrected chi connectivity index (χ4v) is 2.37. The molecule has 0 aliphatic heterocycles. The highest BCUT2D eigenvalue weighted by molar-refractivity contribution is 5.93. The van der Waals surface area contributed by atoms with Crippen LogP contribution in [0.2, 0.25) is 0 Å². The van der Waals surface area contributed by atoms with Crippen molar-refractivity contribution in [3.05, 3.63) is 71.5 Å². The number of anilines is 2. The van der Waals surface area contributed by atoms with E-state index in [2.05, 4.69) is 34.3 Å². The molecule has 0 aliphatic carbocycles. The van der Waals surface area contributed by atoms with E-state index in [1.807, 2.05) is 25.1 Å². The second kappa shape index (κ2) is 6.50. The minimum Gasteiger partial charge on any atom is -0.366 e. The summed E-state index contributed by atoms with van der Waals surface area (Å²) in [4.78, 5) is 20.0. The number of amides is 1. The smallest absolute Gasteiger partial charge is 0.248 e. The lowest BCUT2D eigenvalue weighted by molar-refractivity contribution is 0.100. The third-order valence-corrected chi connectivity index (χ3v) is 3.63. The molecule has 0 fully saturated rings. The number of carbonyl (C=O) groups is 1. The van der Waals surface area contributed by atoms with E-state index in [4.69, 9.17) is 5.73 Å². The zero-order valence-corrected chi connectivity index (χ0v) is 13.6. The Morgan fingerprint density at radius 3 is 2.25 bits per heavy atom. The molecule has 0 aliphatic rings. The Hall–Kier alpha value is -3.21. The lowest BCUT2D eigenvalue weighted by atomic mass is 10.1. The predicted molar refractivity (Wildman–Crippen MR) is 95.2 cm³/mol. The quantitative estimate of drug-likeness (QED) is 0.770. The van der Waals surface area contributed by atoms with Crippen LogP contribution in [0.5, 0.6) is 0 Å². The number of hydrogen-bond donors (Lipinski definition) is 2. The number of carbonyl (C=O) groups excluding carboxylic acids is 1. The standard InChI is InChI=1S/C19H18N4O/c1-12-3-5-14(6-4-12)17-11-18(22-13(2)21-17)23-16-9-7-15(8-10-16)19(20)24/h3-11H,1-2H3,(H2,20,24)(H,21,22,23). The fraction of sp³-hybridized carbons (Fsp3) is 0.105. The van der Waals surface area contributed by atoms with Crippen molar-refractivity contribution in [2.75, 3.05) is 5.32 Å². The molecule has 3 rings (SSSR count). The molecule has 1 aromatic heterocycles. The van der Waals surface area contributed by atoms with Gasteiger partial charge < -0.3 is 11.1 Å². The molecular formula is C19H18N4O. The molecule has 2 aromatic carbocycles. The lowest BCUT2D eigenvalue weighted by Crippen LogP contribution is -2.10. The molecule has 0 saturated heterocycles. The molecule has 3 aromatic rings. The largest absolute Gasteiger partial charge is 0.366 e. The number of nitrogens with one attached hydrogen (secondary N) is 1. The Kier molecular flexibility index (Phi) is 4.24. The van der Waals surface area contributed by atoms with Crippen molar-refractivity contribution in [3.8, 4) is 11.3 Å². The highest BCUT2D eigenvalue weighted by atomic mass is 16.1. The van der Waals surface area contributed by atoms with E-state index in [0.717, 1.165) is 16.9 Å². The number of aromatic nitrogens is 2. The molecule has 0 radical (unpaired) electrons. The van der Waals surface area contributed by atoms with Gasteiger partial charge in [0.2, 0.25) is 5.91 Å². The molecule has 0 spiro atoms. The van der Waals surface area contributed by atoms with Gasteiger partial charge in [0.05, 0.1) is 5.69 Å². The number of primary amides is 1. The minimum absolute atomic E-state index is 0.443. The second-order valence-corrected chi connectivity index (χ2v) is 5.62. The van der Waals surface area contributed by atoms with Crippen LogP contribution in [-0.4, -0.2) is 15.9 Å². The van der Waals surface area contributed by atoms with Gasteiger partial charge >= 0.3 is 0 Å². The third-order valence-electron chi connectivity index (χ3n) is 3.63. The van der Waals surface area contributed by atoms with Crippen molar-refractivity contribution in [1.29, 1.82) is 0 Å². The number of aryl methyl sites for hydroxylation is 2. The Morgan fingerprint density at radius 1 is 0.958 bits per heavy atom. The van der Waals surface area contributed by atoms with Gasteiger partial charge in [-0.25, -0.2) is 9.97 Å². The van der Waals surface area contributed by atoms with Gasteiger partial charge in [0.25, 0.3) is 0 Å². The topological polar surface area (TPSA) is 80.9 Å². The Labute approximate surface area is 140 Å². The van der Waals surface area contributed by atoms with E-state index in [0.29, 0.717) is 17.2 Å². The zero-order valence-electron chi connectivity index (χ0n) is 13.6. The van der Waals surface area contributed by atoms with Crippen LogP contribution >= 0.6 is 0 Å². The molecule has 3 N–H and O–H groups in total. The van der Waals surface area contributed by atoms with Crippen molar-refractivity contribution >= 4 is 17.4 Å². The first kappa shape index (κ1) is 15.7. The van der Waals surface area contributed by atoms with E-state index >= 15 is 0 Å². The van der Waals surface area contributed by atoms with E-state index in [1.165, 1.54) is 5.56 Å². The third kappa shape index (κ3) is 3.57. The maximum Gasteiger partial charge on any atom is 0.248 e. The minimum atomic E-state index is -0.443. The van der Waals surface area contributed by atoms with Gasteiger partial charge in [-0.15, -0.1) is 0 Å². The average molecular weight is 318 g/mol. The predicted octanol–water partition coefficient (Wildman–Crippen LogP) is 3.60. The molecule has 1 heterocycles. The van der Waals surface area contributed by atoms with Gasteiger partial charge in [-0.05, 0) is 38.1 Å². The molecule has 0 atom stereocenters. The zero-order chi connectivity index (χ0) is 17.1. The number of nitrogens with two attached hydrogens (primary N) is 1. The van der Waals surface area contributed by atoms with Crippen LogP contribution in [0.4, 0.5) is 11.5 Å². The first-order valence-corrected chi connectivity index (χ1v) is 7.61.